The summed E-state index contributed by atoms with van der Waals surface area (Å²) in [6, 6.07) is 10.6. The van der Waals surface area contributed by atoms with Crippen molar-refractivity contribution in [2.24, 2.45) is 0 Å². The first kappa shape index (κ1) is 36.0. The Morgan fingerprint density at radius 3 is 2.06 bits per heavy atom. The van der Waals surface area contributed by atoms with Crippen molar-refractivity contribution in [1.29, 1.82) is 0 Å². The molecule has 0 aromatic heterocycles. The number of rotatable bonds is 18. The van der Waals surface area contributed by atoms with Gasteiger partial charge in [0.05, 0.1) is 39.1 Å². The van der Waals surface area contributed by atoms with Crippen molar-refractivity contribution >= 4 is 40.5 Å². The minimum atomic E-state index is -1.29. The molecule has 49 heavy (non-hydrogen) atoms. The van der Waals surface area contributed by atoms with E-state index in [1.54, 1.807) is 25.1 Å². The maximum Gasteiger partial charge on any atom is 0.323 e. The van der Waals surface area contributed by atoms with Crippen LogP contribution in [0.3, 0.4) is 0 Å². The van der Waals surface area contributed by atoms with Gasteiger partial charge >= 0.3 is 23.9 Å². The molecule has 0 saturated carbocycles. The number of phenols is 1. The number of aliphatic carboxylic acids is 4. The second kappa shape index (κ2) is 15.8. The summed E-state index contributed by atoms with van der Waals surface area (Å²) in [5, 5.41) is 48.0. The lowest BCUT2D eigenvalue weighted by Gasteiger charge is -2.25. The summed E-state index contributed by atoms with van der Waals surface area (Å²) in [5.74, 6) is -4.69. The van der Waals surface area contributed by atoms with Crippen molar-refractivity contribution in [3.63, 3.8) is 0 Å². The lowest BCUT2D eigenvalue weighted by Crippen LogP contribution is -2.37. The molecule has 0 amide bonds. The molecule has 4 rings (SSSR count). The van der Waals surface area contributed by atoms with E-state index in [1.807, 2.05) is 0 Å². The average Bonchev–Trinajstić information content (AvgIpc) is 3.00. The fraction of sp³-hybridized carbons (Fsp3) is 0.303. The van der Waals surface area contributed by atoms with Gasteiger partial charge < -0.3 is 49.1 Å². The fourth-order valence-electron chi connectivity index (χ4n) is 5.21. The summed E-state index contributed by atoms with van der Waals surface area (Å²) < 4.78 is 22.8. The zero-order valence-electron chi connectivity index (χ0n) is 26.5. The molecular formula is C33H34N2O14. The number of nitrogens with zero attached hydrogens (tertiary/aromatic N) is 2. The van der Waals surface area contributed by atoms with Gasteiger partial charge in [-0.2, -0.15) is 0 Å². The highest BCUT2D eigenvalue weighted by molar-refractivity contribution is 6.03. The second-order valence-corrected chi connectivity index (χ2v) is 10.9. The minimum Gasteiger partial charge on any atom is -0.508 e. The molecule has 5 N–H and O–H groups in total. The summed E-state index contributed by atoms with van der Waals surface area (Å²) in [7, 11) is 1.35. The Kier molecular flexibility index (Phi) is 11.6. The van der Waals surface area contributed by atoms with Crippen molar-refractivity contribution in [2.45, 2.75) is 6.92 Å². The first-order valence-corrected chi connectivity index (χ1v) is 14.7. The smallest absolute Gasteiger partial charge is 0.323 e. The highest BCUT2D eigenvalue weighted by atomic mass is 16.5. The van der Waals surface area contributed by atoms with Crippen molar-refractivity contribution < 1.29 is 63.3 Å². The monoisotopic (exact) mass is 682 g/mol. The standard InChI is InChI=1S/C33H34N2O14/c1-18-9-20-25(12-23(18)36)49-26-13-24(37)28(46-2)11-21(26)33(20)19-3-4-22(35(16-31(42)43)17-32(44)45)27(10-19)48-8-7-47-6-5-34(14-29(38)39)15-30(40)41/h3-4,9-13,36H,5-8,14-17H2,1-2H3,(H,38,39)(H,40,41)(H,42,43)(H,44,45). The number of aromatic hydroxyl groups is 1. The molecule has 2 aromatic rings. The topological polar surface area (TPSA) is 234 Å². The van der Waals surface area contributed by atoms with Gasteiger partial charge in [-0.25, -0.2) is 0 Å². The molecule has 2 aromatic carbocycles. The number of benzene rings is 3. The van der Waals surface area contributed by atoms with Crippen LogP contribution in [0.5, 0.6) is 17.2 Å². The van der Waals surface area contributed by atoms with Crippen LogP contribution in [0.1, 0.15) is 5.56 Å². The van der Waals surface area contributed by atoms with E-state index < -0.39 is 55.5 Å². The number of carboxylic acids is 4. The molecule has 0 atom stereocenters. The predicted octanol–water partition coefficient (Wildman–Crippen LogP) is 2.43. The molecule has 260 valence electrons. The number of phenolic OH excluding ortho intramolecular Hbond substituents is 1. The van der Waals surface area contributed by atoms with E-state index in [4.69, 9.17) is 28.8 Å². The van der Waals surface area contributed by atoms with Crippen LogP contribution in [0, 0.1) is 6.92 Å². The number of anilines is 1. The van der Waals surface area contributed by atoms with Crippen molar-refractivity contribution in [2.75, 3.05) is 64.6 Å². The summed E-state index contributed by atoms with van der Waals surface area (Å²) in [4.78, 5) is 60.4. The highest BCUT2D eigenvalue weighted by Gasteiger charge is 2.24. The molecule has 0 spiro atoms. The lowest BCUT2D eigenvalue weighted by atomic mass is 9.92. The number of carbonyl (C=O) groups is 4. The molecule has 2 aliphatic rings. The van der Waals surface area contributed by atoms with E-state index >= 15 is 0 Å². The number of methoxy groups -OCH3 is 1. The Bertz CT molecular complexity index is 1870. The molecule has 1 aliphatic carbocycles. The van der Waals surface area contributed by atoms with E-state index in [9.17, 15) is 39.3 Å². The van der Waals surface area contributed by atoms with Crippen molar-refractivity contribution in [1.82, 2.24) is 4.90 Å². The Labute approximate surface area is 278 Å². The van der Waals surface area contributed by atoms with Crippen molar-refractivity contribution in [3.8, 4) is 39.7 Å². The van der Waals surface area contributed by atoms with Gasteiger partial charge in [0.1, 0.15) is 42.5 Å². The minimum absolute atomic E-state index is 0.00700. The van der Waals surface area contributed by atoms with Crippen LogP contribution in [0.25, 0.3) is 33.4 Å². The quantitative estimate of drug-likeness (QED) is 0.0749. The Balaban J connectivity index is 1.75. The largest absolute Gasteiger partial charge is 0.508 e. The third kappa shape index (κ3) is 9.15. The molecule has 0 bridgehead atoms. The van der Waals surface area contributed by atoms with Crippen LogP contribution in [0.2, 0.25) is 0 Å². The maximum absolute atomic E-state index is 12.6. The Morgan fingerprint density at radius 2 is 1.45 bits per heavy atom. The number of aryl methyl sites for hydroxylation is 1. The number of ether oxygens (including phenoxy) is 3. The third-order valence-electron chi connectivity index (χ3n) is 7.32. The van der Waals surface area contributed by atoms with Crippen LogP contribution in [-0.4, -0.2) is 114 Å². The summed E-state index contributed by atoms with van der Waals surface area (Å²) in [5.41, 5.74) is 2.01. The Morgan fingerprint density at radius 1 is 0.796 bits per heavy atom. The summed E-state index contributed by atoms with van der Waals surface area (Å²) in [6.45, 7) is -0.818. The zero-order chi connectivity index (χ0) is 35.8. The third-order valence-corrected chi connectivity index (χ3v) is 7.32. The van der Waals surface area contributed by atoms with Gasteiger partial charge in [-0.3, -0.25) is 28.9 Å². The van der Waals surface area contributed by atoms with Gasteiger partial charge in [-0.1, -0.05) is 6.07 Å². The van der Waals surface area contributed by atoms with Crippen LogP contribution >= 0.6 is 0 Å². The Hall–Kier alpha value is -5.87. The molecule has 0 radical (unpaired) electrons. The first-order valence-electron chi connectivity index (χ1n) is 14.7. The van der Waals surface area contributed by atoms with E-state index in [2.05, 4.69) is 0 Å². The van der Waals surface area contributed by atoms with Gasteiger partial charge in [0, 0.05) is 35.2 Å². The SMILES string of the molecule is COc1cc2c(-c3ccc(N(CC(=O)O)CC(=O)O)c(OCCOCCN(CC(=O)O)CC(=O)O)c3)c3cc(C)c(O)cc3oc-2cc1=O. The average molecular weight is 683 g/mol. The molecule has 16 nitrogen and oxygen atoms in total. The van der Waals surface area contributed by atoms with Crippen LogP contribution in [0.4, 0.5) is 5.69 Å². The van der Waals surface area contributed by atoms with Gasteiger partial charge in [0.25, 0.3) is 0 Å². The number of carboxylic acid groups (broad SMARTS) is 4. The van der Waals surface area contributed by atoms with Gasteiger partial charge in [0.15, 0.2) is 5.75 Å². The zero-order valence-corrected chi connectivity index (χ0v) is 26.5. The van der Waals surface area contributed by atoms with Gasteiger partial charge in [-0.05, 0) is 42.3 Å². The molecule has 1 heterocycles. The highest BCUT2D eigenvalue weighted by Crippen LogP contribution is 2.44. The van der Waals surface area contributed by atoms with Gasteiger partial charge in [0.2, 0.25) is 5.43 Å². The van der Waals surface area contributed by atoms with E-state index in [1.165, 1.54) is 36.3 Å². The number of fused-ring (bicyclic) bond motifs is 2. The number of hydrogen-bond acceptors (Lipinski definition) is 12. The lowest BCUT2D eigenvalue weighted by molar-refractivity contribution is -0.142. The molecular weight excluding hydrogens is 648 g/mol. The molecule has 16 heteroatoms. The predicted molar refractivity (Wildman–Crippen MR) is 173 cm³/mol. The van der Waals surface area contributed by atoms with Crippen LogP contribution < -0.4 is 19.8 Å². The first-order chi connectivity index (χ1) is 23.3. The summed E-state index contributed by atoms with van der Waals surface area (Å²) >= 11 is 0. The van der Waals surface area contributed by atoms with Crippen LogP contribution in [-0.2, 0) is 23.9 Å². The maximum atomic E-state index is 12.6. The summed E-state index contributed by atoms with van der Waals surface area (Å²) in [6.07, 6.45) is 0. The molecule has 0 fully saturated rings. The van der Waals surface area contributed by atoms with E-state index in [0.29, 0.717) is 27.6 Å². The fourth-order valence-corrected chi connectivity index (χ4v) is 5.21. The van der Waals surface area contributed by atoms with Crippen molar-refractivity contribution in [3.05, 3.63) is 58.3 Å². The van der Waals surface area contributed by atoms with E-state index in [0.717, 1.165) is 4.90 Å². The van der Waals surface area contributed by atoms with E-state index in [-0.39, 0.29) is 60.6 Å². The van der Waals surface area contributed by atoms with Crippen LogP contribution in [0.15, 0.2) is 51.7 Å². The normalized spacial score (nSPS) is 11.2. The second-order valence-electron chi connectivity index (χ2n) is 10.9. The number of hydrogen-bond donors (Lipinski definition) is 5. The molecule has 0 saturated heterocycles. The molecule has 0 unspecified atom stereocenters. The molecule has 1 aliphatic heterocycles. The van der Waals surface area contributed by atoms with Gasteiger partial charge in [-0.15, -0.1) is 0 Å².